The second-order valence-electron chi connectivity index (χ2n) is 3.04. The molecule has 0 saturated heterocycles. The molecular weight excluding hydrogens is 267 g/mol. The summed E-state index contributed by atoms with van der Waals surface area (Å²) in [6, 6.07) is 3.79. The van der Waals surface area contributed by atoms with Crippen LogP contribution in [0, 0.1) is 6.92 Å². The Bertz CT molecular complexity index is 363. The van der Waals surface area contributed by atoms with Crippen LogP contribution in [0.1, 0.15) is 16.7 Å². The van der Waals surface area contributed by atoms with Crippen molar-refractivity contribution >= 4 is 33.5 Å². The molecule has 0 bridgehead atoms. The Labute approximate surface area is 96.0 Å². The zero-order chi connectivity index (χ0) is 10.7. The van der Waals surface area contributed by atoms with Crippen molar-refractivity contribution in [2.24, 2.45) is 0 Å². The smallest absolute Gasteiger partial charge is 0.307 e. The summed E-state index contributed by atoms with van der Waals surface area (Å²) in [6.45, 7) is 1.87. The van der Waals surface area contributed by atoms with Crippen molar-refractivity contribution in [1.29, 1.82) is 0 Å². The molecule has 0 aliphatic heterocycles. The molecule has 0 amide bonds. The molecule has 1 aromatic rings. The minimum absolute atomic E-state index is 0.0263. The van der Waals surface area contributed by atoms with Crippen molar-refractivity contribution in [3.63, 3.8) is 0 Å². The van der Waals surface area contributed by atoms with Gasteiger partial charge in [-0.2, -0.15) is 0 Å². The highest BCUT2D eigenvalue weighted by molar-refractivity contribution is 9.08. The Balaban J connectivity index is 3.20. The van der Waals surface area contributed by atoms with Gasteiger partial charge >= 0.3 is 5.97 Å². The first kappa shape index (κ1) is 11.5. The van der Waals surface area contributed by atoms with Crippen molar-refractivity contribution in [2.75, 3.05) is 0 Å². The van der Waals surface area contributed by atoms with E-state index in [2.05, 4.69) is 15.9 Å². The van der Waals surface area contributed by atoms with Crippen LogP contribution in [0.5, 0.6) is 0 Å². The van der Waals surface area contributed by atoms with Crippen LogP contribution < -0.4 is 0 Å². The predicted molar refractivity (Wildman–Crippen MR) is 60.2 cm³/mol. The number of alkyl halides is 1. The van der Waals surface area contributed by atoms with E-state index in [4.69, 9.17) is 16.7 Å². The summed E-state index contributed by atoms with van der Waals surface area (Å²) in [7, 11) is 0. The summed E-state index contributed by atoms with van der Waals surface area (Å²) in [5, 5.41) is 9.91. The number of rotatable bonds is 3. The highest BCUT2D eigenvalue weighted by atomic mass is 79.9. The highest BCUT2D eigenvalue weighted by Crippen LogP contribution is 2.26. The van der Waals surface area contributed by atoms with Gasteiger partial charge in [0, 0.05) is 10.4 Å². The van der Waals surface area contributed by atoms with Crippen LogP contribution in [0.4, 0.5) is 0 Å². The average Bonchev–Trinajstić information content (AvgIpc) is 2.13. The first-order chi connectivity index (χ1) is 6.56. The summed E-state index contributed by atoms with van der Waals surface area (Å²) in [4.78, 5) is 10.6. The van der Waals surface area contributed by atoms with Crippen molar-refractivity contribution in [3.8, 4) is 0 Å². The predicted octanol–water partition coefficient (Wildman–Crippen LogP) is 3.17. The first-order valence-electron chi connectivity index (χ1n) is 4.11. The standard InChI is InChI=1S/C10H10BrClO2/c1-6-2-3-7(5-11)8(10(6)12)4-9(13)14/h2-3H,4-5H2,1H3,(H,13,14). The molecule has 0 heterocycles. The van der Waals surface area contributed by atoms with E-state index in [9.17, 15) is 4.79 Å². The van der Waals surface area contributed by atoms with Crippen molar-refractivity contribution in [1.82, 2.24) is 0 Å². The number of hydrogen-bond donors (Lipinski definition) is 1. The first-order valence-corrected chi connectivity index (χ1v) is 5.60. The van der Waals surface area contributed by atoms with E-state index in [1.165, 1.54) is 0 Å². The Morgan fingerprint density at radius 3 is 2.71 bits per heavy atom. The molecule has 76 valence electrons. The average molecular weight is 278 g/mol. The summed E-state index contributed by atoms with van der Waals surface area (Å²) >= 11 is 9.34. The monoisotopic (exact) mass is 276 g/mol. The van der Waals surface area contributed by atoms with Gasteiger partial charge in [-0.05, 0) is 23.6 Å². The van der Waals surface area contributed by atoms with Crippen LogP contribution in [0.3, 0.4) is 0 Å². The summed E-state index contributed by atoms with van der Waals surface area (Å²) in [5.41, 5.74) is 2.55. The van der Waals surface area contributed by atoms with Gasteiger partial charge in [0.05, 0.1) is 6.42 Å². The number of carbonyl (C=O) groups is 1. The van der Waals surface area contributed by atoms with E-state index in [1.807, 2.05) is 19.1 Å². The number of carboxylic acid groups (broad SMARTS) is 1. The SMILES string of the molecule is Cc1ccc(CBr)c(CC(=O)O)c1Cl. The Morgan fingerprint density at radius 2 is 2.21 bits per heavy atom. The van der Waals surface area contributed by atoms with Gasteiger partial charge in [0.1, 0.15) is 0 Å². The maximum Gasteiger partial charge on any atom is 0.307 e. The Hall–Kier alpha value is -0.540. The van der Waals surface area contributed by atoms with E-state index in [0.717, 1.165) is 11.1 Å². The molecule has 14 heavy (non-hydrogen) atoms. The van der Waals surface area contributed by atoms with Gasteiger partial charge in [0.25, 0.3) is 0 Å². The van der Waals surface area contributed by atoms with Gasteiger partial charge in [-0.1, -0.05) is 39.7 Å². The molecule has 4 heteroatoms. The van der Waals surface area contributed by atoms with E-state index in [1.54, 1.807) is 0 Å². The van der Waals surface area contributed by atoms with E-state index in [0.29, 0.717) is 15.9 Å². The highest BCUT2D eigenvalue weighted by Gasteiger charge is 2.11. The largest absolute Gasteiger partial charge is 0.481 e. The van der Waals surface area contributed by atoms with Gasteiger partial charge in [-0.3, -0.25) is 4.79 Å². The molecule has 0 aromatic heterocycles. The lowest BCUT2D eigenvalue weighted by atomic mass is 10.0. The van der Waals surface area contributed by atoms with E-state index >= 15 is 0 Å². The zero-order valence-electron chi connectivity index (χ0n) is 7.68. The van der Waals surface area contributed by atoms with Crippen molar-refractivity contribution < 1.29 is 9.90 Å². The zero-order valence-corrected chi connectivity index (χ0v) is 10.0. The lowest BCUT2D eigenvalue weighted by Crippen LogP contribution is -2.04. The number of aliphatic carboxylic acids is 1. The maximum absolute atomic E-state index is 10.6. The van der Waals surface area contributed by atoms with Gasteiger partial charge in [-0.25, -0.2) is 0 Å². The Morgan fingerprint density at radius 1 is 1.57 bits per heavy atom. The lowest BCUT2D eigenvalue weighted by Gasteiger charge is -2.09. The summed E-state index contributed by atoms with van der Waals surface area (Å²) < 4.78 is 0. The fourth-order valence-electron chi connectivity index (χ4n) is 1.25. The van der Waals surface area contributed by atoms with Crippen LogP contribution in [0.15, 0.2) is 12.1 Å². The molecule has 0 saturated carbocycles. The minimum Gasteiger partial charge on any atom is -0.481 e. The van der Waals surface area contributed by atoms with E-state index < -0.39 is 5.97 Å². The van der Waals surface area contributed by atoms with Gasteiger partial charge in [0.2, 0.25) is 0 Å². The molecule has 0 atom stereocenters. The third-order valence-corrected chi connectivity index (χ3v) is 3.14. The number of hydrogen-bond acceptors (Lipinski definition) is 1. The molecule has 0 unspecified atom stereocenters. The van der Waals surface area contributed by atoms with Crippen LogP contribution in [0.25, 0.3) is 0 Å². The number of benzene rings is 1. The lowest BCUT2D eigenvalue weighted by molar-refractivity contribution is -0.136. The molecule has 1 rings (SSSR count). The van der Waals surface area contributed by atoms with E-state index in [-0.39, 0.29) is 6.42 Å². The normalized spacial score (nSPS) is 10.2. The second-order valence-corrected chi connectivity index (χ2v) is 3.98. The molecule has 1 aromatic carbocycles. The number of halogens is 2. The van der Waals surface area contributed by atoms with Gasteiger partial charge in [0.15, 0.2) is 0 Å². The molecule has 0 aliphatic carbocycles. The molecular formula is C10H10BrClO2. The topological polar surface area (TPSA) is 37.3 Å². The maximum atomic E-state index is 10.6. The number of carboxylic acids is 1. The second kappa shape index (κ2) is 4.80. The molecule has 1 N–H and O–H groups in total. The van der Waals surface area contributed by atoms with Crippen molar-refractivity contribution in [2.45, 2.75) is 18.7 Å². The quantitative estimate of drug-likeness (QED) is 0.862. The molecule has 0 aliphatic rings. The molecule has 0 fully saturated rings. The molecule has 2 nitrogen and oxygen atoms in total. The minimum atomic E-state index is -0.861. The van der Waals surface area contributed by atoms with Gasteiger partial charge in [-0.15, -0.1) is 0 Å². The van der Waals surface area contributed by atoms with Crippen molar-refractivity contribution in [3.05, 3.63) is 33.8 Å². The van der Waals surface area contributed by atoms with Gasteiger partial charge < -0.3 is 5.11 Å². The Kier molecular flexibility index (Phi) is 3.96. The van der Waals surface area contributed by atoms with Crippen LogP contribution in [0.2, 0.25) is 5.02 Å². The van der Waals surface area contributed by atoms with Crippen LogP contribution in [-0.2, 0) is 16.5 Å². The fraction of sp³-hybridized carbons (Fsp3) is 0.300. The summed E-state index contributed by atoms with van der Waals surface area (Å²) in [6.07, 6.45) is -0.0263. The number of aryl methyl sites for hydroxylation is 1. The third kappa shape index (κ3) is 2.49. The third-order valence-electron chi connectivity index (χ3n) is 2.01. The van der Waals surface area contributed by atoms with Crippen LogP contribution >= 0.6 is 27.5 Å². The fourth-order valence-corrected chi connectivity index (χ4v) is 2.02. The van der Waals surface area contributed by atoms with Crippen LogP contribution in [-0.4, -0.2) is 11.1 Å². The molecule has 0 radical (unpaired) electrons. The molecule has 0 spiro atoms. The summed E-state index contributed by atoms with van der Waals surface area (Å²) in [5.74, 6) is -0.861.